The number of anilines is 1. The minimum Gasteiger partial charge on any atom is -0.398 e. The van der Waals surface area contributed by atoms with Crippen molar-refractivity contribution in [3.63, 3.8) is 0 Å². The molecule has 0 fully saturated rings. The number of hydrogen-bond acceptors (Lipinski definition) is 1. The zero-order valence-electron chi connectivity index (χ0n) is 14.9. The predicted molar refractivity (Wildman–Crippen MR) is 114 cm³/mol. The quantitative estimate of drug-likeness (QED) is 0.423. The zero-order chi connectivity index (χ0) is 17.6. The molecule has 2 aliphatic rings. The number of nitrogen functional groups attached to an aromatic ring is 1. The lowest BCUT2D eigenvalue weighted by Crippen LogP contribution is -2.67. The van der Waals surface area contributed by atoms with Crippen molar-refractivity contribution >= 4 is 29.3 Å². The lowest BCUT2D eigenvalue weighted by molar-refractivity contribution is 0.719. The molecule has 0 spiro atoms. The fourth-order valence-electron chi connectivity index (χ4n) is 5.19. The lowest BCUT2D eigenvalue weighted by atomic mass is 10.0. The molecule has 0 radical (unpaired) electrons. The monoisotopic (exact) mass is 353 g/mol. The summed E-state index contributed by atoms with van der Waals surface area (Å²) in [7, 11) is -2.15. The van der Waals surface area contributed by atoms with Crippen LogP contribution in [0.25, 0.3) is 11.1 Å². The van der Waals surface area contributed by atoms with Gasteiger partial charge in [-0.3, -0.25) is 0 Å². The molecule has 2 heteroatoms. The molecule has 5 rings (SSSR count). The summed E-state index contributed by atoms with van der Waals surface area (Å²) in [4.78, 5) is 0. The molecule has 0 bridgehead atoms. The Bertz CT molecular complexity index is 992. The summed E-state index contributed by atoms with van der Waals surface area (Å²) in [5.41, 5.74) is 10.7. The largest absolute Gasteiger partial charge is 0.398 e. The average molecular weight is 354 g/mol. The van der Waals surface area contributed by atoms with Crippen molar-refractivity contribution in [3.05, 3.63) is 84.9 Å². The molecule has 0 amide bonds. The molecular formula is C24H23NSi. The lowest BCUT2D eigenvalue weighted by Gasteiger charge is -2.38. The summed E-state index contributed by atoms with van der Waals surface area (Å²) in [6.45, 7) is 0. The fraction of sp³-hybridized carbons (Fsp3) is 0.167. The van der Waals surface area contributed by atoms with Gasteiger partial charge in [-0.1, -0.05) is 78.9 Å². The van der Waals surface area contributed by atoms with E-state index in [0.717, 1.165) is 5.69 Å². The molecule has 128 valence electrons. The van der Waals surface area contributed by atoms with Gasteiger partial charge in [0.25, 0.3) is 0 Å². The van der Waals surface area contributed by atoms with Gasteiger partial charge in [0.15, 0.2) is 8.07 Å². The Hall–Kier alpha value is -2.58. The molecule has 1 aliphatic carbocycles. The molecule has 3 aromatic carbocycles. The van der Waals surface area contributed by atoms with E-state index < -0.39 is 8.07 Å². The highest BCUT2D eigenvalue weighted by molar-refractivity contribution is 7.15. The van der Waals surface area contributed by atoms with Gasteiger partial charge in [0.2, 0.25) is 0 Å². The Morgan fingerprint density at radius 1 is 0.808 bits per heavy atom. The highest BCUT2D eigenvalue weighted by Gasteiger charge is 2.51. The first-order valence-electron chi connectivity index (χ1n) is 9.54. The Balaban J connectivity index is 1.93. The molecule has 26 heavy (non-hydrogen) atoms. The predicted octanol–water partition coefficient (Wildman–Crippen LogP) is 3.83. The van der Waals surface area contributed by atoms with E-state index >= 15 is 0 Å². The van der Waals surface area contributed by atoms with Crippen molar-refractivity contribution in [2.45, 2.75) is 24.8 Å². The first kappa shape index (κ1) is 15.7. The molecule has 3 aromatic rings. The van der Waals surface area contributed by atoms with Crippen LogP contribution >= 0.6 is 0 Å². The highest BCUT2D eigenvalue weighted by atomic mass is 28.3. The van der Waals surface area contributed by atoms with Gasteiger partial charge >= 0.3 is 0 Å². The summed E-state index contributed by atoms with van der Waals surface area (Å²) >= 11 is 0. The summed E-state index contributed by atoms with van der Waals surface area (Å²) < 4.78 is 0. The minimum atomic E-state index is -2.15. The van der Waals surface area contributed by atoms with Gasteiger partial charge in [0.05, 0.1) is 0 Å². The molecular weight excluding hydrogens is 330 g/mol. The van der Waals surface area contributed by atoms with Crippen LogP contribution in [-0.4, -0.2) is 8.07 Å². The van der Waals surface area contributed by atoms with Gasteiger partial charge in [-0.2, -0.15) is 0 Å². The maximum Gasteiger partial charge on any atom is 0.156 e. The second-order valence-corrected chi connectivity index (χ2v) is 11.5. The topological polar surface area (TPSA) is 26.0 Å². The van der Waals surface area contributed by atoms with Crippen LogP contribution in [0.3, 0.4) is 0 Å². The van der Waals surface area contributed by atoms with E-state index in [-0.39, 0.29) is 0 Å². The number of benzene rings is 3. The number of rotatable bonds is 2. The van der Waals surface area contributed by atoms with Crippen LogP contribution in [0, 0.1) is 0 Å². The van der Waals surface area contributed by atoms with Crippen molar-refractivity contribution in [1.82, 2.24) is 0 Å². The van der Waals surface area contributed by atoms with E-state index in [4.69, 9.17) is 5.73 Å². The number of hydrogen-bond donors (Lipinski definition) is 1. The normalized spacial score (nSPS) is 23.5. The fourth-order valence-corrected chi connectivity index (χ4v) is 11.1. The molecule has 0 saturated carbocycles. The third kappa shape index (κ3) is 2.02. The molecule has 2 N–H and O–H groups in total. The van der Waals surface area contributed by atoms with Crippen LogP contribution in [0.4, 0.5) is 5.69 Å². The van der Waals surface area contributed by atoms with Gasteiger partial charge in [0, 0.05) is 11.3 Å². The second-order valence-electron chi connectivity index (χ2n) is 7.45. The SMILES string of the molecule is Nc1cccc2c1-c1ccccc1[Si@@]2(c1ccccc1)C1C=CCCC1. The zero-order valence-corrected chi connectivity index (χ0v) is 15.9. The molecule has 1 aliphatic heterocycles. The van der Waals surface area contributed by atoms with Crippen LogP contribution in [0.2, 0.25) is 5.54 Å². The Morgan fingerprint density at radius 2 is 1.58 bits per heavy atom. The van der Waals surface area contributed by atoms with E-state index in [1.54, 1.807) is 0 Å². The van der Waals surface area contributed by atoms with Gasteiger partial charge < -0.3 is 5.73 Å². The Labute approximate surface area is 156 Å². The van der Waals surface area contributed by atoms with Crippen molar-refractivity contribution in [1.29, 1.82) is 0 Å². The standard InChI is InChI=1S/C24H23NSi/c25-21-15-9-17-23-24(21)20-14-7-8-16-22(20)26(23,18-10-3-1-4-11-18)19-12-5-2-6-13-19/h1,3-5,7-12,14-17,19H,2,6,13,25H2/t19?,26-/m1/s1. The van der Waals surface area contributed by atoms with Crippen LogP contribution in [-0.2, 0) is 0 Å². The summed E-state index contributed by atoms with van der Waals surface area (Å²) in [5, 5.41) is 4.55. The van der Waals surface area contributed by atoms with E-state index in [1.807, 2.05) is 0 Å². The molecule has 2 atom stereocenters. The molecule has 0 aromatic heterocycles. The van der Waals surface area contributed by atoms with E-state index in [1.165, 1.54) is 45.9 Å². The first-order chi connectivity index (χ1) is 12.8. The summed E-state index contributed by atoms with van der Waals surface area (Å²) in [5.74, 6) is 0. The molecule has 0 saturated heterocycles. The average Bonchev–Trinajstić information content (AvgIpc) is 3.02. The van der Waals surface area contributed by atoms with Crippen molar-refractivity contribution in [3.8, 4) is 11.1 Å². The number of fused-ring (bicyclic) bond motifs is 3. The van der Waals surface area contributed by atoms with Crippen molar-refractivity contribution in [2.24, 2.45) is 0 Å². The maximum absolute atomic E-state index is 6.52. The third-order valence-electron chi connectivity index (χ3n) is 6.18. The third-order valence-corrected chi connectivity index (χ3v) is 11.6. The molecule has 1 unspecified atom stereocenters. The van der Waals surface area contributed by atoms with Gasteiger partial charge in [-0.05, 0) is 52.0 Å². The first-order valence-corrected chi connectivity index (χ1v) is 11.6. The Morgan fingerprint density at radius 3 is 2.38 bits per heavy atom. The Kier molecular flexibility index (Phi) is 3.61. The van der Waals surface area contributed by atoms with Gasteiger partial charge in [-0.15, -0.1) is 0 Å². The number of nitrogens with two attached hydrogens (primary N) is 1. The van der Waals surface area contributed by atoms with Crippen LogP contribution < -0.4 is 21.3 Å². The van der Waals surface area contributed by atoms with Crippen LogP contribution in [0.15, 0.2) is 84.9 Å². The van der Waals surface area contributed by atoms with Crippen LogP contribution in [0.5, 0.6) is 0 Å². The maximum atomic E-state index is 6.52. The van der Waals surface area contributed by atoms with Crippen LogP contribution in [0.1, 0.15) is 19.3 Å². The molecule has 1 nitrogen and oxygen atoms in total. The van der Waals surface area contributed by atoms with Crippen molar-refractivity contribution in [2.75, 3.05) is 5.73 Å². The minimum absolute atomic E-state index is 0.586. The van der Waals surface area contributed by atoms with E-state index in [9.17, 15) is 0 Å². The highest BCUT2D eigenvalue weighted by Crippen LogP contribution is 2.41. The van der Waals surface area contributed by atoms with Crippen molar-refractivity contribution < 1.29 is 0 Å². The van der Waals surface area contributed by atoms with Gasteiger partial charge in [-0.25, -0.2) is 0 Å². The van der Waals surface area contributed by atoms with E-state index in [0.29, 0.717) is 5.54 Å². The van der Waals surface area contributed by atoms with Gasteiger partial charge in [0.1, 0.15) is 0 Å². The van der Waals surface area contributed by atoms with E-state index in [2.05, 4.69) is 84.9 Å². The summed E-state index contributed by atoms with van der Waals surface area (Å²) in [6.07, 6.45) is 8.67. The number of allylic oxidation sites excluding steroid dienone is 2. The summed E-state index contributed by atoms with van der Waals surface area (Å²) in [6, 6.07) is 26.8. The molecule has 1 heterocycles. The smallest absolute Gasteiger partial charge is 0.156 e. The second kappa shape index (κ2) is 5.99.